The fourth-order valence-corrected chi connectivity index (χ4v) is 2.40. The SMILES string of the molecule is COc1c(F)c(-c2ccccc2)nc2c(F)c(C(=O)O)ccc12. The van der Waals surface area contributed by atoms with Crippen LogP contribution in [0.4, 0.5) is 8.78 Å². The number of pyridine rings is 1. The lowest BCUT2D eigenvalue weighted by Gasteiger charge is -2.12. The van der Waals surface area contributed by atoms with Crippen molar-refractivity contribution in [2.75, 3.05) is 7.11 Å². The minimum absolute atomic E-state index is 0.0761. The first kappa shape index (κ1) is 14.9. The molecule has 0 bridgehead atoms. The van der Waals surface area contributed by atoms with Gasteiger partial charge in [0, 0.05) is 10.9 Å². The first-order valence-corrected chi connectivity index (χ1v) is 6.69. The van der Waals surface area contributed by atoms with E-state index >= 15 is 0 Å². The Morgan fingerprint density at radius 2 is 1.78 bits per heavy atom. The molecule has 1 heterocycles. The van der Waals surface area contributed by atoms with Gasteiger partial charge in [-0.15, -0.1) is 0 Å². The molecule has 0 fully saturated rings. The number of carbonyl (C=O) groups is 1. The summed E-state index contributed by atoms with van der Waals surface area (Å²) in [6, 6.07) is 10.7. The molecule has 0 aliphatic carbocycles. The number of carboxylic acids is 1. The average Bonchev–Trinajstić information content (AvgIpc) is 2.55. The Balaban J connectivity index is 2.41. The van der Waals surface area contributed by atoms with Gasteiger partial charge < -0.3 is 9.84 Å². The van der Waals surface area contributed by atoms with Crippen LogP contribution < -0.4 is 4.74 Å². The molecule has 3 rings (SSSR count). The number of ether oxygens (including phenoxy) is 1. The van der Waals surface area contributed by atoms with Gasteiger partial charge in [-0.25, -0.2) is 18.6 Å². The minimum atomic E-state index is -1.42. The van der Waals surface area contributed by atoms with E-state index in [0.717, 1.165) is 6.07 Å². The number of hydrogen-bond donors (Lipinski definition) is 1. The summed E-state index contributed by atoms with van der Waals surface area (Å²) in [5.41, 5.74) is -0.443. The Morgan fingerprint density at radius 3 is 2.39 bits per heavy atom. The van der Waals surface area contributed by atoms with E-state index in [2.05, 4.69) is 4.98 Å². The first-order valence-electron chi connectivity index (χ1n) is 6.69. The third kappa shape index (κ3) is 2.38. The molecular formula is C17H11F2NO3. The predicted molar refractivity (Wildman–Crippen MR) is 80.6 cm³/mol. The van der Waals surface area contributed by atoms with Crippen LogP contribution in [0.1, 0.15) is 10.4 Å². The van der Waals surface area contributed by atoms with E-state index in [-0.39, 0.29) is 22.3 Å². The maximum absolute atomic E-state index is 14.7. The number of benzene rings is 2. The molecular weight excluding hydrogens is 304 g/mol. The van der Waals surface area contributed by atoms with Crippen molar-refractivity contribution in [2.45, 2.75) is 0 Å². The lowest BCUT2D eigenvalue weighted by Crippen LogP contribution is -2.04. The second-order valence-corrected chi connectivity index (χ2v) is 4.80. The quantitative estimate of drug-likeness (QED) is 0.796. The molecule has 0 amide bonds. The number of rotatable bonds is 3. The molecule has 3 aromatic rings. The van der Waals surface area contributed by atoms with Crippen molar-refractivity contribution < 1.29 is 23.4 Å². The monoisotopic (exact) mass is 315 g/mol. The third-order valence-corrected chi connectivity index (χ3v) is 3.47. The van der Waals surface area contributed by atoms with Gasteiger partial charge in [-0.05, 0) is 12.1 Å². The van der Waals surface area contributed by atoms with Gasteiger partial charge in [-0.1, -0.05) is 30.3 Å². The van der Waals surface area contributed by atoms with Crippen LogP contribution in [0.3, 0.4) is 0 Å². The summed E-state index contributed by atoms with van der Waals surface area (Å²) in [5, 5.41) is 9.10. The van der Waals surface area contributed by atoms with Crippen molar-refractivity contribution in [3.8, 4) is 17.0 Å². The van der Waals surface area contributed by atoms with Crippen LogP contribution in [-0.4, -0.2) is 23.2 Å². The third-order valence-electron chi connectivity index (χ3n) is 3.47. The predicted octanol–water partition coefficient (Wildman–Crippen LogP) is 3.89. The van der Waals surface area contributed by atoms with Crippen molar-refractivity contribution in [1.82, 2.24) is 4.98 Å². The van der Waals surface area contributed by atoms with Crippen LogP contribution in [0.15, 0.2) is 42.5 Å². The van der Waals surface area contributed by atoms with Gasteiger partial charge in [-0.2, -0.15) is 0 Å². The highest BCUT2D eigenvalue weighted by molar-refractivity contribution is 5.96. The summed E-state index contributed by atoms with van der Waals surface area (Å²) in [6.07, 6.45) is 0. The van der Waals surface area contributed by atoms with Crippen molar-refractivity contribution in [1.29, 1.82) is 0 Å². The number of halogens is 2. The van der Waals surface area contributed by atoms with Crippen LogP contribution >= 0.6 is 0 Å². The fraction of sp³-hybridized carbons (Fsp3) is 0.0588. The second kappa shape index (κ2) is 5.64. The van der Waals surface area contributed by atoms with Crippen molar-refractivity contribution in [3.05, 3.63) is 59.7 Å². The Kier molecular flexibility index (Phi) is 3.65. The molecule has 0 aliphatic rings. The maximum atomic E-state index is 14.7. The van der Waals surface area contributed by atoms with E-state index in [1.165, 1.54) is 13.2 Å². The van der Waals surface area contributed by atoms with Crippen molar-refractivity contribution in [2.24, 2.45) is 0 Å². The van der Waals surface area contributed by atoms with Crippen LogP contribution in [0, 0.1) is 11.6 Å². The molecule has 23 heavy (non-hydrogen) atoms. The molecule has 0 spiro atoms. The maximum Gasteiger partial charge on any atom is 0.338 e. The zero-order valence-electron chi connectivity index (χ0n) is 12.0. The summed E-state index contributed by atoms with van der Waals surface area (Å²) in [6.45, 7) is 0. The number of nitrogens with zero attached hydrogens (tertiary/aromatic N) is 1. The smallest absolute Gasteiger partial charge is 0.338 e. The molecule has 0 saturated heterocycles. The van der Waals surface area contributed by atoms with Crippen LogP contribution in [0.25, 0.3) is 22.2 Å². The normalized spacial score (nSPS) is 10.7. The number of aromatic carboxylic acids is 1. The van der Waals surface area contributed by atoms with Gasteiger partial charge in [0.2, 0.25) is 0 Å². The standard InChI is InChI=1S/C17H11F2NO3/c1-23-16-11-8-7-10(17(21)22)12(18)15(11)20-14(13(16)19)9-5-3-2-4-6-9/h2-8H,1H3,(H,21,22). The summed E-state index contributed by atoms with van der Waals surface area (Å²) < 4.78 is 34.1. The molecule has 1 aromatic heterocycles. The first-order chi connectivity index (χ1) is 11.0. The Labute approximate surface area is 130 Å². The molecule has 6 heteroatoms. The Morgan fingerprint density at radius 1 is 1.09 bits per heavy atom. The zero-order valence-corrected chi connectivity index (χ0v) is 12.0. The van der Waals surface area contributed by atoms with E-state index < -0.39 is 23.2 Å². The van der Waals surface area contributed by atoms with E-state index in [0.29, 0.717) is 5.56 Å². The average molecular weight is 315 g/mol. The molecule has 116 valence electrons. The summed E-state index contributed by atoms with van der Waals surface area (Å²) in [4.78, 5) is 15.1. The molecule has 0 atom stereocenters. The van der Waals surface area contributed by atoms with Gasteiger partial charge in [0.1, 0.15) is 11.2 Å². The highest BCUT2D eigenvalue weighted by atomic mass is 19.1. The zero-order chi connectivity index (χ0) is 16.6. The number of aromatic nitrogens is 1. The lowest BCUT2D eigenvalue weighted by atomic mass is 10.1. The van der Waals surface area contributed by atoms with Gasteiger partial charge in [0.05, 0.1) is 12.7 Å². The van der Waals surface area contributed by atoms with E-state index in [9.17, 15) is 13.6 Å². The second-order valence-electron chi connectivity index (χ2n) is 4.80. The molecule has 4 nitrogen and oxygen atoms in total. The fourth-order valence-electron chi connectivity index (χ4n) is 2.40. The van der Waals surface area contributed by atoms with Crippen LogP contribution in [0.2, 0.25) is 0 Å². The topological polar surface area (TPSA) is 59.4 Å². The van der Waals surface area contributed by atoms with E-state index in [1.807, 2.05) is 0 Å². The molecule has 0 radical (unpaired) electrons. The lowest BCUT2D eigenvalue weighted by molar-refractivity contribution is 0.0692. The molecule has 0 unspecified atom stereocenters. The van der Waals surface area contributed by atoms with E-state index in [1.54, 1.807) is 30.3 Å². The van der Waals surface area contributed by atoms with Crippen LogP contribution in [0.5, 0.6) is 5.75 Å². The number of fused-ring (bicyclic) bond motifs is 1. The van der Waals surface area contributed by atoms with Gasteiger partial charge in [0.15, 0.2) is 17.4 Å². The molecule has 0 saturated carbocycles. The van der Waals surface area contributed by atoms with Gasteiger partial charge >= 0.3 is 5.97 Å². The van der Waals surface area contributed by atoms with Crippen molar-refractivity contribution >= 4 is 16.9 Å². The number of methoxy groups -OCH3 is 1. The van der Waals surface area contributed by atoms with Gasteiger partial charge in [0.25, 0.3) is 0 Å². The number of carboxylic acid groups (broad SMARTS) is 1. The molecule has 2 aromatic carbocycles. The number of hydrogen-bond acceptors (Lipinski definition) is 3. The highest BCUT2D eigenvalue weighted by Crippen LogP contribution is 2.35. The highest BCUT2D eigenvalue weighted by Gasteiger charge is 2.22. The Hall–Kier alpha value is -3.02. The Bertz CT molecular complexity index is 911. The van der Waals surface area contributed by atoms with Crippen LogP contribution in [-0.2, 0) is 0 Å². The molecule has 0 aliphatic heterocycles. The van der Waals surface area contributed by atoms with E-state index in [4.69, 9.17) is 9.84 Å². The van der Waals surface area contributed by atoms with Crippen molar-refractivity contribution in [3.63, 3.8) is 0 Å². The molecule has 1 N–H and O–H groups in total. The minimum Gasteiger partial charge on any atom is -0.493 e. The largest absolute Gasteiger partial charge is 0.493 e. The summed E-state index contributed by atoms with van der Waals surface area (Å²) in [5.74, 6) is -3.35. The summed E-state index contributed by atoms with van der Waals surface area (Å²) in [7, 11) is 1.26. The van der Waals surface area contributed by atoms with Gasteiger partial charge in [-0.3, -0.25) is 0 Å². The summed E-state index contributed by atoms with van der Waals surface area (Å²) >= 11 is 0.